The fourth-order valence-corrected chi connectivity index (χ4v) is 2.66. The van der Waals surface area contributed by atoms with Gasteiger partial charge in [0.25, 0.3) is 0 Å². The van der Waals surface area contributed by atoms with Crippen LogP contribution in [0.3, 0.4) is 0 Å². The van der Waals surface area contributed by atoms with Crippen molar-refractivity contribution in [3.63, 3.8) is 0 Å². The molecule has 0 spiro atoms. The fraction of sp³-hybridized carbons (Fsp3) is 0.318. The number of H-pyrrole nitrogens is 1. The van der Waals surface area contributed by atoms with Gasteiger partial charge in [0.1, 0.15) is 5.75 Å². The molecule has 0 radical (unpaired) electrons. The molecule has 3 rings (SSSR count). The molecule has 0 saturated heterocycles. The van der Waals surface area contributed by atoms with Crippen LogP contribution in [0.25, 0.3) is 0 Å². The second-order valence-electron chi connectivity index (χ2n) is 6.43. The van der Waals surface area contributed by atoms with Crippen molar-refractivity contribution >= 4 is 0 Å². The molecule has 0 unspecified atom stereocenters. The summed E-state index contributed by atoms with van der Waals surface area (Å²) in [6.07, 6.45) is 5.87. The van der Waals surface area contributed by atoms with Gasteiger partial charge in [-0.05, 0) is 42.5 Å². The molecule has 0 aliphatic rings. The van der Waals surface area contributed by atoms with Crippen LogP contribution in [0.5, 0.6) is 5.75 Å². The van der Waals surface area contributed by atoms with Gasteiger partial charge in [-0.2, -0.15) is 0 Å². The maximum Gasteiger partial charge on any atom is 0.326 e. The van der Waals surface area contributed by atoms with Crippen molar-refractivity contribution < 1.29 is 5.11 Å². The van der Waals surface area contributed by atoms with Crippen molar-refractivity contribution in [2.24, 2.45) is 0 Å². The Bertz CT molecular complexity index is 817. The molecule has 4 heteroatoms. The summed E-state index contributed by atoms with van der Waals surface area (Å²) in [6.45, 7) is 4.84. The van der Waals surface area contributed by atoms with Crippen LogP contribution in [-0.4, -0.2) is 14.7 Å². The van der Waals surface area contributed by atoms with Crippen LogP contribution in [-0.2, 0) is 19.4 Å². The zero-order valence-corrected chi connectivity index (χ0v) is 15.6. The lowest BCUT2D eigenvalue weighted by molar-refractivity contribution is 0.475. The molecule has 0 amide bonds. The second-order valence-corrected chi connectivity index (χ2v) is 6.43. The van der Waals surface area contributed by atoms with E-state index in [-0.39, 0.29) is 11.4 Å². The molecule has 1 aromatic heterocycles. The van der Waals surface area contributed by atoms with Crippen LogP contribution < -0.4 is 5.69 Å². The summed E-state index contributed by atoms with van der Waals surface area (Å²) < 4.78 is 1.71. The first-order valence-electron chi connectivity index (χ1n) is 9.22. The highest BCUT2D eigenvalue weighted by Gasteiger charge is 2.04. The Morgan fingerprint density at radius 1 is 0.923 bits per heavy atom. The summed E-state index contributed by atoms with van der Waals surface area (Å²) in [5.74, 6) is 0.288. The van der Waals surface area contributed by atoms with Crippen LogP contribution in [0.2, 0.25) is 0 Å². The fourth-order valence-electron chi connectivity index (χ4n) is 2.66. The summed E-state index contributed by atoms with van der Waals surface area (Å²) >= 11 is 0. The molecule has 1 heterocycles. The standard InChI is InChI=1S/C19H20N2O2.C3H8/c22-18-11-9-15(10-12-18)7-4-8-17-14-21(19(23)20-17)13-16-5-2-1-3-6-16;1-3-2/h1-3,5-6,9-12,14,22H,4,7-8,13H2,(H,20,23);3H2,1-2H3. The van der Waals surface area contributed by atoms with Crippen molar-refractivity contribution in [3.8, 4) is 5.75 Å². The Labute approximate surface area is 155 Å². The smallest absolute Gasteiger partial charge is 0.326 e. The molecule has 26 heavy (non-hydrogen) atoms. The molecule has 0 saturated carbocycles. The Kier molecular flexibility index (Phi) is 7.75. The average Bonchev–Trinajstić information content (AvgIpc) is 2.98. The van der Waals surface area contributed by atoms with Gasteiger partial charge in [0.2, 0.25) is 0 Å². The predicted molar refractivity (Wildman–Crippen MR) is 107 cm³/mol. The van der Waals surface area contributed by atoms with Crippen molar-refractivity contribution in [2.45, 2.75) is 46.1 Å². The molecule has 0 fully saturated rings. The van der Waals surface area contributed by atoms with Crippen molar-refractivity contribution in [3.05, 3.63) is 88.1 Å². The number of aryl methyl sites for hydroxylation is 2. The molecule has 2 aromatic carbocycles. The molecule has 0 bridgehead atoms. The van der Waals surface area contributed by atoms with Gasteiger partial charge in [-0.1, -0.05) is 62.7 Å². The Balaban J connectivity index is 0.000000758. The van der Waals surface area contributed by atoms with E-state index < -0.39 is 0 Å². The minimum Gasteiger partial charge on any atom is -0.508 e. The summed E-state index contributed by atoms with van der Waals surface area (Å²) in [5.41, 5.74) is 3.20. The third kappa shape index (κ3) is 6.28. The highest BCUT2D eigenvalue weighted by molar-refractivity contribution is 5.26. The van der Waals surface area contributed by atoms with Crippen molar-refractivity contribution in [1.29, 1.82) is 0 Å². The van der Waals surface area contributed by atoms with Gasteiger partial charge >= 0.3 is 5.69 Å². The molecular formula is C22H28N2O2. The molecule has 0 aliphatic heterocycles. The molecule has 0 aliphatic carbocycles. The Hall–Kier alpha value is -2.75. The third-order valence-corrected chi connectivity index (χ3v) is 3.88. The quantitative estimate of drug-likeness (QED) is 0.685. The molecule has 4 nitrogen and oxygen atoms in total. The number of hydrogen-bond donors (Lipinski definition) is 2. The first-order valence-corrected chi connectivity index (χ1v) is 9.22. The molecular weight excluding hydrogens is 324 g/mol. The number of rotatable bonds is 6. The lowest BCUT2D eigenvalue weighted by atomic mass is 10.1. The second kappa shape index (κ2) is 10.3. The van der Waals surface area contributed by atoms with E-state index in [0.717, 1.165) is 30.5 Å². The van der Waals surface area contributed by atoms with Gasteiger partial charge in [0, 0.05) is 11.9 Å². The van der Waals surface area contributed by atoms with Gasteiger partial charge in [-0.15, -0.1) is 0 Å². The maximum absolute atomic E-state index is 12.0. The minimum atomic E-state index is -0.0616. The van der Waals surface area contributed by atoms with E-state index in [1.54, 1.807) is 16.7 Å². The van der Waals surface area contributed by atoms with E-state index >= 15 is 0 Å². The van der Waals surface area contributed by atoms with Gasteiger partial charge in [-0.25, -0.2) is 4.79 Å². The number of hydrogen-bond acceptors (Lipinski definition) is 2. The van der Waals surface area contributed by atoms with E-state index in [9.17, 15) is 9.90 Å². The van der Waals surface area contributed by atoms with Gasteiger partial charge < -0.3 is 10.1 Å². The predicted octanol–water partition coefficient (Wildman–Crippen LogP) is 4.52. The van der Waals surface area contributed by atoms with E-state index in [4.69, 9.17) is 0 Å². The summed E-state index contributed by atoms with van der Waals surface area (Å²) in [5, 5.41) is 9.27. The number of benzene rings is 2. The van der Waals surface area contributed by atoms with E-state index in [1.165, 1.54) is 12.0 Å². The van der Waals surface area contributed by atoms with Gasteiger partial charge in [0.05, 0.1) is 6.54 Å². The molecule has 3 aromatic rings. The topological polar surface area (TPSA) is 58.0 Å². The molecule has 138 valence electrons. The van der Waals surface area contributed by atoms with Crippen LogP contribution in [0.15, 0.2) is 65.6 Å². The first-order chi connectivity index (χ1) is 12.6. The van der Waals surface area contributed by atoms with Crippen molar-refractivity contribution in [1.82, 2.24) is 9.55 Å². The minimum absolute atomic E-state index is 0.0616. The average molecular weight is 352 g/mol. The lowest BCUT2D eigenvalue weighted by Crippen LogP contribution is -2.16. The van der Waals surface area contributed by atoms with Crippen LogP contribution in [0, 0.1) is 0 Å². The number of nitrogens with one attached hydrogen (secondary N) is 1. The molecule has 0 atom stereocenters. The summed E-state index contributed by atoms with van der Waals surface area (Å²) in [6, 6.07) is 17.2. The van der Waals surface area contributed by atoms with Crippen molar-refractivity contribution in [2.75, 3.05) is 0 Å². The number of phenolic OH excluding ortho intramolecular Hbond substituents is 1. The lowest BCUT2D eigenvalue weighted by Gasteiger charge is -2.01. The van der Waals surface area contributed by atoms with Crippen LogP contribution >= 0.6 is 0 Å². The largest absolute Gasteiger partial charge is 0.508 e. The number of aromatic amines is 1. The van der Waals surface area contributed by atoms with Gasteiger partial charge in [-0.3, -0.25) is 4.57 Å². The van der Waals surface area contributed by atoms with Crippen LogP contribution in [0.4, 0.5) is 0 Å². The SMILES string of the molecule is CCC.O=c1[nH]c(CCCc2ccc(O)cc2)cn1Cc1ccccc1. The normalized spacial score (nSPS) is 10.2. The van der Waals surface area contributed by atoms with E-state index in [2.05, 4.69) is 18.8 Å². The molecule has 2 N–H and O–H groups in total. The monoisotopic (exact) mass is 352 g/mol. The highest BCUT2D eigenvalue weighted by Crippen LogP contribution is 2.12. The van der Waals surface area contributed by atoms with E-state index in [0.29, 0.717) is 6.54 Å². The number of phenols is 1. The highest BCUT2D eigenvalue weighted by atomic mass is 16.3. The summed E-state index contributed by atoms with van der Waals surface area (Å²) in [7, 11) is 0. The Morgan fingerprint density at radius 3 is 2.23 bits per heavy atom. The Morgan fingerprint density at radius 2 is 1.58 bits per heavy atom. The van der Waals surface area contributed by atoms with Gasteiger partial charge in [0.15, 0.2) is 0 Å². The summed E-state index contributed by atoms with van der Waals surface area (Å²) in [4.78, 5) is 14.9. The zero-order chi connectivity index (χ0) is 18.8. The number of aromatic hydroxyl groups is 1. The number of imidazole rings is 1. The number of nitrogens with zero attached hydrogens (tertiary/aromatic N) is 1. The maximum atomic E-state index is 12.0. The number of aromatic nitrogens is 2. The van der Waals surface area contributed by atoms with E-state index in [1.807, 2.05) is 48.7 Å². The van der Waals surface area contributed by atoms with Crippen LogP contribution in [0.1, 0.15) is 43.5 Å². The zero-order valence-electron chi connectivity index (χ0n) is 15.6. The first kappa shape index (κ1) is 19.6. The third-order valence-electron chi connectivity index (χ3n) is 3.88.